The fourth-order valence-corrected chi connectivity index (χ4v) is 5.13. The second-order valence-corrected chi connectivity index (χ2v) is 10.9. The molecule has 1 saturated heterocycles. The lowest BCUT2D eigenvalue weighted by molar-refractivity contribution is 0.342. The molecule has 6 nitrogen and oxygen atoms in total. The van der Waals surface area contributed by atoms with Crippen LogP contribution in [0, 0.1) is 5.92 Å². The van der Waals surface area contributed by atoms with Crippen molar-refractivity contribution >= 4 is 37.2 Å². The molecule has 0 N–H and O–H groups in total. The average molecular weight is 396 g/mol. The number of hydrogen-bond acceptors (Lipinski definition) is 6. The molecule has 0 aliphatic carbocycles. The fourth-order valence-electron chi connectivity index (χ4n) is 3.55. The summed E-state index contributed by atoms with van der Waals surface area (Å²) in [5.41, 5.74) is 2.94. The molecule has 1 aromatic carbocycles. The Bertz CT molecular complexity index is 973. The van der Waals surface area contributed by atoms with E-state index in [2.05, 4.69) is 47.8 Å². The van der Waals surface area contributed by atoms with Crippen LogP contribution in [0.5, 0.6) is 0 Å². The van der Waals surface area contributed by atoms with Gasteiger partial charge in [0.2, 0.25) is 5.16 Å². The van der Waals surface area contributed by atoms with Crippen LogP contribution in [-0.2, 0) is 20.6 Å². The van der Waals surface area contributed by atoms with Gasteiger partial charge in [-0.05, 0) is 24.5 Å². The van der Waals surface area contributed by atoms with Crippen LogP contribution >= 0.6 is 0 Å². The smallest absolute Gasteiger partial charge is 0.218 e. The number of sulfone groups is 1. The van der Waals surface area contributed by atoms with Gasteiger partial charge in [0, 0.05) is 48.3 Å². The quantitative estimate of drug-likeness (QED) is 0.723. The van der Waals surface area contributed by atoms with Crippen molar-refractivity contribution in [2.45, 2.75) is 37.9 Å². The van der Waals surface area contributed by atoms with E-state index in [1.165, 1.54) is 6.26 Å². The first-order valence-corrected chi connectivity index (χ1v) is 12.3. The molecule has 3 atom stereocenters. The molecule has 2 heterocycles. The topological polar surface area (TPSA) is 80.2 Å². The van der Waals surface area contributed by atoms with Crippen LogP contribution in [0.1, 0.15) is 32.3 Å². The van der Waals surface area contributed by atoms with Crippen LogP contribution in [0.3, 0.4) is 0 Å². The number of aromatic nitrogens is 2. The normalized spacial score (nSPS) is 21.8. The van der Waals surface area contributed by atoms with Crippen molar-refractivity contribution in [3.63, 3.8) is 0 Å². The van der Waals surface area contributed by atoms with Gasteiger partial charge in [-0.2, -0.15) is 0 Å². The lowest BCUT2D eigenvalue weighted by Crippen LogP contribution is -2.57. The summed E-state index contributed by atoms with van der Waals surface area (Å²) in [5, 5.41) is 1.26. The number of hydrogen-bond donors (Lipinski definition) is 0. The van der Waals surface area contributed by atoms with E-state index in [1.54, 1.807) is 12.5 Å². The van der Waals surface area contributed by atoms with Gasteiger partial charge < -0.3 is 4.90 Å². The van der Waals surface area contributed by atoms with Gasteiger partial charge in [0.1, 0.15) is 9.84 Å². The van der Waals surface area contributed by atoms with E-state index in [0.29, 0.717) is 11.7 Å². The average Bonchev–Trinajstić information content (AvgIpc) is 2.55. The number of fused-ring (bicyclic) bond motifs is 1. The van der Waals surface area contributed by atoms with Crippen molar-refractivity contribution in [2.75, 3.05) is 29.7 Å². The molecule has 26 heavy (non-hydrogen) atoms. The van der Waals surface area contributed by atoms with Crippen molar-refractivity contribution in [2.24, 2.45) is 5.92 Å². The van der Waals surface area contributed by atoms with Crippen LogP contribution in [-0.4, -0.2) is 53.4 Å². The zero-order valence-corrected chi connectivity index (χ0v) is 17.4. The summed E-state index contributed by atoms with van der Waals surface area (Å²) in [6.07, 6.45) is 4.61. The first-order chi connectivity index (χ1) is 12.1. The molecule has 0 saturated carbocycles. The van der Waals surface area contributed by atoms with Gasteiger partial charge in [-0.3, -0.25) is 4.21 Å². The molecule has 1 aliphatic heterocycles. The first-order valence-electron chi connectivity index (χ1n) is 8.66. The third-order valence-corrected chi connectivity index (χ3v) is 6.79. The Balaban J connectivity index is 2.03. The molecule has 1 unspecified atom stereocenters. The molecule has 8 heteroatoms. The second kappa shape index (κ2) is 6.88. The Morgan fingerprint density at radius 3 is 2.58 bits per heavy atom. The van der Waals surface area contributed by atoms with E-state index in [0.717, 1.165) is 22.2 Å². The molecule has 1 aromatic heterocycles. The molecule has 2 aromatic rings. The van der Waals surface area contributed by atoms with Gasteiger partial charge in [-0.1, -0.05) is 19.9 Å². The van der Waals surface area contributed by atoms with E-state index < -0.39 is 20.6 Å². The SMILES string of the molecule is CC(C)c1ccc(N2C[C@H](CS(C)(=O)=O)[C@H]2C)c2cnc(S(C)=O)nc12. The number of anilines is 1. The zero-order chi connectivity index (χ0) is 19.2. The molecule has 142 valence electrons. The number of benzene rings is 1. The Morgan fingerprint density at radius 2 is 2.04 bits per heavy atom. The molecule has 1 aliphatic rings. The van der Waals surface area contributed by atoms with Crippen molar-refractivity contribution in [1.29, 1.82) is 0 Å². The van der Waals surface area contributed by atoms with Crippen molar-refractivity contribution in [3.05, 3.63) is 23.9 Å². The molecule has 1 fully saturated rings. The zero-order valence-electron chi connectivity index (χ0n) is 15.8. The van der Waals surface area contributed by atoms with Crippen LogP contribution in [0.2, 0.25) is 0 Å². The second-order valence-electron chi connectivity index (χ2n) is 7.44. The number of nitrogens with zero attached hydrogens (tertiary/aromatic N) is 3. The third-order valence-electron chi connectivity index (χ3n) is 5.05. The van der Waals surface area contributed by atoms with E-state index in [9.17, 15) is 12.6 Å². The Morgan fingerprint density at radius 1 is 1.35 bits per heavy atom. The summed E-state index contributed by atoms with van der Waals surface area (Å²) >= 11 is 0. The highest BCUT2D eigenvalue weighted by molar-refractivity contribution is 7.90. The number of rotatable bonds is 5. The van der Waals surface area contributed by atoms with E-state index in [1.807, 2.05) is 0 Å². The molecular formula is C18H25N3O3S2. The van der Waals surface area contributed by atoms with E-state index in [4.69, 9.17) is 0 Å². The minimum absolute atomic E-state index is 0.133. The molecular weight excluding hydrogens is 370 g/mol. The molecule has 0 amide bonds. The Labute approximate surface area is 157 Å². The van der Waals surface area contributed by atoms with Gasteiger partial charge in [0.05, 0.1) is 22.1 Å². The first kappa shape index (κ1) is 19.2. The molecule has 3 rings (SSSR count). The van der Waals surface area contributed by atoms with Crippen LogP contribution in [0.4, 0.5) is 5.69 Å². The molecule has 0 spiro atoms. The maximum absolute atomic E-state index is 11.8. The lowest BCUT2D eigenvalue weighted by atomic mass is 9.89. The summed E-state index contributed by atoms with van der Waals surface area (Å²) in [4.78, 5) is 11.0. The third kappa shape index (κ3) is 3.62. The monoisotopic (exact) mass is 395 g/mol. The fraction of sp³-hybridized carbons (Fsp3) is 0.556. The maximum Gasteiger partial charge on any atom is 0.218 e. The summed E-state index contributed by atoms with van der Waals surface area (Å²) in [5.74, 6) is 0.627. The van der Waals surface area contributed by atoms with Crippen molar-refractivity contribution in [1.82, 2.24) is 9.97 Å². The van der Waals surface area contributed by atoms with Gasteiger partial charge in [0.15, 0.2) is 0 Å². The Kier molecular flexibility index (Phi) is 5.09. The van der Waals surface area contributed by atoms with Crippen LogP contribution in [0.25, 0.3) is 10.9 Å². The largest absolute Gasteiger partial charge is 0.367 e. The van der Waals surface area contributed by atoms with Crippen LogP contribution < -0.4 is 4.90 Å². The highest BCUT2D eigenvalue weighted by Crippen LogP contribution is 2.38. The minimum atomic E-state index is -2.98. The molecule has 0 radical (unpaired) electrons. The Hall–Kier alpha value is -1.54. The van der Waals surface area contributed by atoms with Gasteiger partial charge in [0.25, 0.3) is 0 Å². The summed E-state index contributed by atoms with van der Waals surface area (Å²) in [6.45, 7) is 6.96. The lowest BCUT2D eigenvalue weighted by Gasteiger charge is -2.48. The highest BCUT2D eigenvalue weighted by Gasteiger charge is 2.38. The minimum Gasteiger partial charge on any atom is -0.367 e. The predicted octanol–water partition coefficient (Wildman–Crippen LogP) is 2.36. The van der Waals surface area contributed by atoms with Crippen LogP contribution in [0.15, 0.2) is 23.5 Å². The van der Waals surface area contributed by atoms with Gasteiger partial charge >= 0.3 is 0 Å². The predicted molar refractivity (Wildman–Crippen MR) is 106 cm³/mol. The summed E-state index contributed by atoms with van der Waals surface area (Å²) in [7, 11) is -4.22. The van der Waals surface area contributed by atoms with E-state index >= 15 is 0 Å². The summed E-state index contributed by atoms with van der Waals surface area (Å²) in [6, 6.07) is 4.27. The van der Waals surface area contributed by atoms with Gasteiger partial charge in [-0.25, -0.2) is 18.4 Å². The van der Waals surface area contributed by atoms with E-state index in [-0.39, 0.29) is 23.6 Å². The van der Waals surface area contributed by atoms with Crippen molar-refractivity contribution in [3.8, 4) is 0 Å². The van der Waals surface area contributed by atoms with Gasteiger partial charge in [-0.15, -0.1) is 0 Å². The maximum atomic E-state index is 11.8. The molecule has 0 bridgehead atoms. The summed E-state index contributed by atoms with van der Waals surface area (Å²) < 4.78 is 35.0. The standard InChI is InChI=1S/C18H25N3O3S2/c1-11(2)14-6-7-16(15-8-19-18(25(4)22)20-17(14)15)21-9-13(12(21)3)10-26(5,23)24/h6-8,11-13H,9-10H2,1-5H3/t12-,13-,25?/m1/s1. The van der Waals surface area contributed by atoms with Crippen molar-refractivity contribution < 1.29 is 12.6 Å². The highest BCUT2D eigenvalue weighted by atomic mass is 32.2.